The monoisotopic (exact) mass is 244 g/mol. The molecule has 82 valence electrons. The van der Waals surface area contributed by atoms with Gasteiger partial charge in [-0.15, -0.1) is 0 Å². The summed E-state index contributed by atoms with van der Waals surface area (Å²) in [5.41, 5.74) is 0. The number of hydrogen-bond acceptors (Lipinski definition) is 4. The topological polar surface area (TPSA) is 141 Å². The summed E-state index contributed by atoms with van der Waals surface area (Å²) in [6.45, 7) is 0. The Morgan fingerprint density at radius 3 is 1.50 bits per heavy atom. The Bertz CT molecular complexity index is 213. The molecule has 0 atom stereocenters. The summed E-state index contributed by atoms with van der Waals surface area (Å²) >= 11 is -2.61. The Kier molecular flexibility index (Phi) is 13.8. The van der Waals surface area contributed by atoms with Crippen LogP contribution in [0.3, 0.4) is 0 Å². The van der Waals surface area contributed by atoms with Crippen molar-refractivity contribution in [2.75, 3.05) is 0 Å². The first-order valence-electron chi connectivity index (χ1n) is 2.88. The van der Waals surface area contributed by atoms with E-state index in [2.05, 4.69) is 9.97 Å². The molecule has 10 heteroatoms. The van der Waals surface area contributed by atoms with E-state index in [0.29, 0.717) is 0 Å². The van der Waals surface area contributed by atoms with Crippen molar-refractivity contribution < 1.29 is 27.7 Å². The maximum atomic E-state index is 8.74. The summed E-state index contributed by atoms with van der Waals surface area (Å²) < 4.78 is 31.6. The quantitative estimate of drug-likeness (QED) is 0.354. The lowest BCUT2D eigenvalue weighted by Crippen LogP contribution is -1.74. The van der Waals surface area contributed by atoms with Crippen LogP contribution in [0.5, 0.6) is 0 Å². The fraction of sp³-hybridized carbons (Fsp3) is 0. The highest BCUT2D eigenvalue weighted by Gasteiger charge is 1.63. The largest absolute Gasteiger partial charge is 0.326 e. The zero-order valence-corrected chi connectivity index (χ0v) is 8.53. The van der Waals surface area contributed by atoms with E-state index < -0.39 is 19.6 Å². The minimum atomic E-state index is -3.13. The molecule has 0 unspecified atom stereocenters. The molecule has 8 nitrogen and oxygen atoms in total. The lowest BCUT2D eigenvalue weighted by atomic mass is 10.7. The van der Waals surface area contributed by atoms with Crippen molar-refractivity contribution in [3.05, 3.63) is 24.8 Å². The minimum absolute atomic E-state index is 1.50. The van der Waals surface area contributed by atoms with Crippen LogP contribution in [0.15, 0.2) is 24.8 Å². The van der Waals surface area contributed by atoms with E-state index in [9.17, 15) is 0 Å². The van der Waals surface area contributed by atoms with E-state index in [1.807, 2.05) is 0 Å². The Morgan fingerprint density at radius 1 is 1.14 bits per heavy atom. The first-order valence-corrected chi connectivity index (χ1v) is 5.25. The van der Waals surface area contributed by atoms with Crippen molar-refractivity contribution >= 4 is 19.6 Å². The van der Waals surface area contributed by atoms with Gasteiger partial charge in [0, 0.05) is 12.4 Å². The number of hydrogen-bond donors (Lipinski definition) is 4. The van der Waals surface area contributed by atoms with Gasteiger partial charge in [0.2, 0.25) is 0 Å². The van der Waals surface area contributed by atoms with Gasteiger partial charge in [0.1, 0.15) is 6.33 Å². The third kappa shape index (κ3) is 42.7. The van der Waals surface area contributed by atoms with Gasteiger partial charge in [-0.05, 0) is 6.07 Å². The average Bonchev–Trinajstić information content (AvgIpc) is 2.05. The normalized spacial score (nSPS) is 8.43. The molecule has 1 heterocycles. The molecule has 0 amide bonds. The lowest BCUT2D eigenvalue weighted by Gasteiger charge is -1.70. The predicted molar refractivity (Wildman–Crippen MR) is 48.9 cm³/mol. The Hall–Kier alpha value is -0.700. The molecule has 0 aliphatic rings. The van der Waals surface area contributed by atoms with Crippen LogP contribution in [-0.2, 0) is 15.9 Å². The Labute approximate surface area is 82.7 Å². The molecule has 0 fully saturated rings. The van der Waals surface area contributed by atoms with Crippen molar-refractivity contribution in [3.8, 4) is 0 Å². The number of aromatic nitrogens is 2. The highest BCUT2D eigenvalue weighted by Crippen LogP contribution is 1.98. The summed E-state index contributed by atoms with van der Waals surface area (Å²) in [7, 11) is -3.13. The molecule has 0 radical (unpaired) electrons. The van der Waals surface area contributed by atoms with E-state index in [1.165, 1.54) is 6.33 Å². The van der Waals surface area contributed by atoms with Gasteiger partial charge in [-0.1, -0.05) is 0 Å². The second-order valence-corrected chi connectivity index (χ2v) is 2.44. The number of rotatable bonds is 0. The first-order chi connectivity index (χ1) is 6.46. The van der Waals surface area contributed by atoms with Gasteiger partial charge in [0.15, 0.2) is 0 Å². The van der Waals surface area contributed by atoms with Crippen LogP contribution in [0.1, 0.15) is 0 Å². The summed E-state index contributed by atoms with van der Waals surface area (Å²) in [5.74, 6) is 0. The highest BCUT2D eigenvalue weighted by molar-refractivity contribution is 7.73. The second kappa shape index (κ2) is 12.3. The molecule has 1 aromatic heterocycles. The van der Waals surface area contributed by atoms with Gasteiger partial charge in [-0.2, -0.15) is 4.21 Å². The third-order valence-electron chi connectivity index (χ3n) is 0.478. The van der Waals surface area contributed by atoms with Crippen molar-refractivity contribution in [2.45, 2.75) is 0 Å². The number of nitrogens with zero attached hydrogens (tertiary/aromatic N) is 2. The van der Waals surface area contributed by atoms with Crippen LogP contribution in [0.4, 0.5) is 0 Å². The molecule has 0 aliphatic heterocycles. The van der Waals surface area contributed by atoms with Crippen LogP contribution in [-0.4, -0.2) is 33.1 Å². The lowest BCUT2D eigenvalue weighted by molar-refractivity contribution is 0.405. The van der Waals surface area contributed by atoms with E-state index >= 15 is 0 Å². The van der Waals surface area contributed by atoms with Gasteiger partial charge in [0.05, 0.1) is 0 Å². The Morgan fingerprint density at radius 2 is 1.43 bits per heavy atom. The second-order valence-electron chi connectivity index (χ2n) is 1.42. The van der Waals surface area contributed by atoms with Gasteiger partial charge in [0.25, 0.3) is 11.4 Å². The molecule has 0 spiro atoms. The maximum Gasteiger partial charge on any atom is 0.314 e. The summed E-state index contributed by atoms with van der Waals surface area (Å²) in [4.78, 5) is 21.7. The van der Waals surface area contributed by atoms with Crippen LogP contribution < -0.4 is 0 Å². The molecule has 1 aromatic rings. The van der Waals surface area contributed by atoms with Crippen LogP contribution in [0, 0.1) is 0 Å². The van der Waals surface area contributed by atoms with E-state index in [-0.39, 0.29) is 0 Å². The third-order valence-corrected chi connectivity index (χ3v) is 0.478. The Balaban J connectivity index is 0. The summed E-state index contributed by atoms with van der Waals surface area (Å²) in [6.07, 6.45) is 4.88. The smallest absolute Gasteiger partial charge is 0.314 e. The molecule has 0 saturated heterocycles. The molecular formula is C4H9N2O6PS. The van der Waals surface area contributed by atoms with Crippen LogP contribution >= 0.6 is 8.25 Å². The SMILES string of the molecule is O=S(O)O.O=[PH](O)O.c1cncnc1. The van der Waals surface area contributed by atoms with E-state index in [0.717, 1.165) is 0 Å². The molecular weight excluding hydrogens is 235 g/mol. The van der Waals surface area contributed by atoms with E-state index in [1.54, 1.807) is 18.5 Å². The van der Waals surface area contributed by atoms with Gasteiger partial charge >= 0.3 is 8.25 Å². The standard InChI is InChI=1S/C4H4N2.H3O3P.H2O3S/c1-2-5-4-6-3-1;2*1-4(2)3/h1-4H;4H,(H2,1,2,3);(H2,1,2,3). The zero-order chi connectivity index (χ0) is 11.4. The van der Waals surface area contributed by atoms with Gasteiger partial charge in [-0.25, -0.2) is 9.97 Å². The summed E-state index contributed by atoms with van der Waals surface area (Å²) in [6, 6.07) is 1.78. The van der Waals surface area contributed by atoms with Crippen LogP contribution in [0.25, 0.3) is 0 Å². The van der Waals surface area contributed by atoms with Gasteiger partial charge < -0.3 is 9.79 Å². The molecule has 0 saturated carbocycles. The molecule has 0 aromatic carbocycles. The van der Waals surface area contributed by atoms with Crippen molar-refractivity contribution in [1.82, 2.24) is 9.97 Å². The fourth-order valence-electron chi connectivity index (χ4n) is 0.253. The average molecular weight is 244 g/mol. The van der Waals surface area contributed by atoms with E-state index in [4.69, 9.17) is 27.7 Å². The summed E-state index contributed by atoms with van der Waals surface area (Å²) in [5, 5.41) is 0. The van der Waals surface area contributed by atoms with Crippen molar-refractivity contribution in [3.63, 3.8) is 0 Å². The van der Waals surface area contributed by atoms with Crippen LogP contribution in [0.2, 0.25) is 0 Å². The molecule has 4 N–H and O–H groups in total. The fourth-order valence-corrected chi connectivity index (χ4v) is 0.253. The highest BCUT2D eigenvalue weighted by atomic mass is 32.2. The first kappa shape index (κ1) is 15.8. The molecule has 1 rings (SSSR count). The molecule has 0 bridgehead atoms. The molecule has 0 aliphatic carbocycles. The van der Waals surface area contributed by atoms with Gasteiger partial charge in [-0.3, -0.25) is 13.7 Å². The maximum absolute atomic E-state index is 8.74. The van der Waals surface area contributed by atoms with Crippen molar-refractivity contribution in [1.29, 1.82) is 0 Å². The predicted octanol–water partition coefficient (Wildman–Crippen LogP) is -0.482. The molecule has 14 heavy (non-hydrogen) atoms. The zero-order valence-electron chi connectivity index (χ0n) is 6.72. The minimum Gasteiger partial charge on any atom is -0.326 e. The van der Waals surface area contributed by atoms with Crippen molar-refractivity contribution in [2.24, 2.45) is 0 Å².